The van der Waals surface area contributed by atoms with Crippen LogP contribution in [0.3, 0.4) is 0 Å². The summed E-state index contributed by atoms with van der Waals surface area (Å²) >= 11 is 0.966. The molecule has 3 aromatic rings. The van der Waals surface area contributed by atoms with E-state index in [1.54, 1.807) is 18.2 Å². The van der Waals surface area contributed by atoms with Crippen LogP contribution >= 0.6 is 11.3 Å². The zero-order valence-electron chi connectivity index (χ0n) is 13.6. The van der Waals surface area contributed by atoms with E-state index in [1.807, 2.05) is 31.2 Å². The van der Waals surface area contributed by atoms with E-state index >= 15 is 0 Å². The van der Waals surface area contributed by atoms with Crippen LogP contribution in [0.5, 0.6) is 0 Å². The Balaban J connectivity index is 1.95. The molecule has 0 aliphatic heterocycles. The second-order valence-corrected chi connectivity index (χ2v) is 7.94. The number of aromatic nitrogens is 1. The number of aryl methyl sites for hydroxylation is 1. The molecule has 0 atom stereocenters. The topological polar surface area (TPSA) is 85.4 Å². The Bertz CT molecular complexity index is 1040. The highest BCUT2D eigenvalue weighted by atomic mass is 32.2. The van der Waals surface area contributed by atoms with E-state index in [1.165, 1.54) is 7.11 Å². The molecule has 0 unspecified atom stereocenters. The van der Waals surface area contributed by atoms with Gasteiger partial charge in [-0.1, -0.05) is 48.6 Å². The summed E-state index contributed by atoms with van der Waals surface area (Å²) in [5, 5.41) is 1.93. The van der Waals surface area contributed by atoms with Gasteiger partial charge >= 0.3 is 5.97 Å². The number of hydrogen-bond acceptors (Lipinski definition) is 6. The predicted molar refractivity (Wildman–Crippen MR) is 97.6 cm³/mol. The number of benzene rings is 2. The molecule has 6 nitrogen and oxygen atoms in total. The molecular weight excluding hydrogens is 360 g/mol. The summed E-state index contributed by atoms with van der Waals surface area (Å²) in [6.07, 6.45) is 0.499. The van der Waals surface area contributed by atoms with E-state index in [-0.39, 0.29) is 10.0 Å². The Kier molecular flexibility index (Phi) is 4.73. The maximum atomic E-state index is 12.6. The lowest BCUT2D eigenvalue weighted by molar-refractivity contribution is 0.0605. The Labute approximate surface area is 149 Å². The van der Waals surface area contributed by atoms with Crippen molar-refractivity contribution in [1.82, 2.24) is 4.98 Å². The Hall–Kier alpha value is -2.45. The van der Waals surface area contributed by atoms with Gasteiger partial charge in [-0.15, -0.1) is 0 Å². The fourth-order valence-corrected chi connectivity index (χ4v) is 4.64. The SMILES string of the molecule is CCc1nc(NS(=O)(=O)c2ccc3ccccc3c2)sc1C(=O)OC. The molecule has 8 heteroatoms. The van der Waals surface area contributed by atoms with Gasteiger partial charge in [-0.2, -0.15) is 0 Å². The monoisotopic (exact) mass is 376 g/mol. The van der Waals surface area contributed by atoms with Gasteiger partial charge in [-0.05, 0) is 29.3 Å². The molecule has 0 aliphatic rings. The first-order valence-corrected chi connectivity index (χ1v) is 9.84. The summed E-state index contributed by atoms with van der Waals surface area (Å²) in [5.41, 5.74) is 0.507. The van der Waals surface area contributed by atoms with Crippen molar-refractivity contribution < 1.29 is 17.9 Å². The number of methoxy groups -OCH3 is 1. The molecule has 0 fully saturated rings. The van der Waals surface area contributed by atoms with Gasteiger partial charge in [0.25, 0.3) is 10.0 Å². The minimum Gasteiger partial charge on any atom is -0.465 e. The fourth-order valence-electron chi connectivity index (χ4n) is 2.40. The second kappa shape index (κ2) is 6.81. The zero-order chi connectivity index (χ0) is 18.0. The number of nitrogens with zero attached hydrogens (tertiary/aromatic N) is 1. The van der Waals surface area contributed by atoms with Crippen LogP contribution in [0.15, 0.2) is 47.4 Å². The van der Waals surface area contributed by atoms with E-state index < -0.39 is 16.0 Å². The quantitative estimate of drug-likeness (QED) is 0.690. The molecule has 0 bridgehead atoms. The van der Waals surface area contributed by atoms with Gasteiger partial charge in [-0.3, -0.25) is 4.72 Å². The lowest BCUT2D eigenvalue weighted by Gasteiger charge is -2.06. The number of esters is 1. The first-order chi connectivity index (χ1) is 11.9. The van der Waals surface area contributed by atoms with Crippen molar-refractivity contribution in [3.05, 3.63) is 53.0 Å². The maximum absolute atomic E-state index is 12.6. The summed E-state index contributed by atoms with van der Waals surface area (Å²) in [6.45, 7) is 1.84. The van der Waals surface area contributed by atoms with Crippen LogP contribution in [-0.4, -0.2) is 26.5 Å². The molecule has 0 spiro atoms. The molecule has 2 aromatic carbocycles. The molecule has 1 heterocycles. The number of anilines is 1. The molecular formula is C17H16N2O4S2. The van der Waals surface area contributed by atoms with Crippen molar-refractivity contribution >= 4 is 43.2 Å². The van der Waals surface area contributed by atoms with Crippen molar-refractivity contribution in [3.8, 4) is 0 Å². The molecule has 3 rings (SSSR count). The molecule has 0 saturated carbocycles. The fraction of sp³-hybridized carbons (Fsp3) is 0.176. The lowest BCUT2D eigenvalue weighted by Crippen LogP contribution is -2.12. The standard InChI is InChI=1S/C17H16N2O4S2/c1-3-14-15(16(20)23-2)24-17(18-14)19-25(21,22)13-9-8-11-6-4-5-7-12(11)10-13/h4-10H,3H2,1-2H3,(H,18,19). The number of carbonyl (C=O) groups is 1. The van der Waals surface area contributed by atoms with Gasteiger partial charge in [-0.25, -0.2) is 18.2 Å². The number of carbonyl (C=O) groups excluding carboxylic acids is 1. The van der Waals surface area contributed by atoms with Crippen molar-refractivity contribution in [1.29, 1.82) is 0 Å². The number of fused-ring (bicyclic) bond motifs is 1. The molecule has 25 heavy (non-hydrogen) atoms. The highest BCUT2D eigenvalue weighted by Crippen LogP contribution is 2.27. The minimum absolute atomic E-state index is 0.138. The third kappa shape index (κ3) is 3.49. The van der Waals surface area contributed by atoms with Crippen molar-refractivity contribution in [2.45, 2.75) is 18.2 Å². The highest BCUT2D eigenvalue weighted by molar-refractivity contribution is 7.93. The van der Waals surface area contributed by atoms with Crippen LogP contribution < -0.4 is 4.72 Å². The van der Waals surface area contributed by atoms with Crippen LogP contribution in [0, 0.1) is 0 Å². The van der Waals surface area contributed by atoms with Crippen molar-refractivity contribution in [3.63, 3.8) is 0 Å². The largest absolute Gasteiger partial charge is 0.465 e. The Morgan fingerprint density at radius 3 is 2.60 bits per heavy atom. The van der Waals surface area contributed by atoms with Crippen molar-refractivity contribution in [2.75, 3.05) is 11.8 Å². The van der Waals surface area contributed by atoms with Gasteiger partial charge < -0.3 is 4.74 Å². The average molecular weight is 376 g/mol. The molecule has 1 N–H and O–H groups in total. The first kappa shape index (κ1) is 17.4. The zero-order valence-corrected chi connectivity index (χ0v) is 15.3. The van der Waals surface area contributed by atoms with Crippen molar-refractivity contribution in [2.24, 2.45) is 0 Å². The van der Waals surface area contributed by atoms with E-state index in [9.17, 15) is 13.2 Å². The predicted octanol–water partition coefficient (Wildman–Crippen LogP) is 3.45. The summed E-state index contributed by atoms with van der Waals surface area (Å²) in [6, 6.07) is 12.4. The number of thiazole rings is 1. The highest BCUT2D eigenvalue weighted by Gasteiger charge is 2.21. The molecule has 1 aromatic heterocycles. The second-order valence-electron chi connectivity index (χ2n) is 5.25. The molecule has 0 amide bonds. The average Bonchev–Trinajstić information content (AvgIpc) is 3.02. The number of hydrogen-bond donors (Lipinski definition) is 1. The summed E-state index contributed by atoms with van der Waals surface area (Å²) in [5.74, 6) is -0.523. The summed E-state index contributed by atoms with van der Waals surface area (Å²) < 4.78 is 32.4. The van der Waals surface area contributed by atoms with E-state index in [4.69, 9.17) is 4.74 Å². The Morgan fingerprint density at radius 1 is 1.20 bits per heavy atom. The number of sulfonamides is 1. The van der Waals surface area contributed by atoms with Gasteiger partial charge in [0.15, 0.2) is 5.13 Å². The molecule has 0 aliphatic carbocycles. The third-order valence-corrected chi connectivity index (χ3v) is 6.11. The molecule has 0 radical (unpaired) electrons. The summed E-state index contributed by atoms with van der Waals surface area (Å²) in [7, 11) is -2.52. The van der Waals surface area contributed by atoms with Gasteiger partial charge in [0, 0.05) is 0 Å². The van der Waals surface area contributed by atoms with Crippen LogP contribution in [0.1, 0.15) is 22.3 Å². The van der Waals surface area contributed by atoms with Gasteiger partial charge in [0.1, 0.15) is 4.88 Å². The van der Waals surface area contributed by atoms with Crippen LogP contribution in [0.4, 0.5) is 5.13 Å². The normalized spacial score (nSPS) is 11.4. The first-order valence-electron chi connectivity index (χ1n) is 7.54. The van der Waals surface area contributed by atoms with Crippen LogP contribution in [0.25, 0.3) is 10.8 Å². The number of nitrogens with one attached hydrogen (secondary N) is 1. The van der Waals surface area contributed by atoms with Crippen LogP contribution in [0.2, 0.25) is 0 Å². The Morgan fingerprint density at radius 2 is 1.92 bits per heavy atom. The molecule has 0 saturated heterocycles. The number of ether oxygens (including phenoxy) is 1. The third-order valence-electron chi connectivity index (χ3n) is 3.66. The van der Waals surface area contributed by atoms with E-state index in [0.29, 0.717) is 17.0 Å². The van der Waals surface area contributed by atoms with E-state index in [0.717, 1.165) is 22.1 Å². The maximum Gasteiger partial charge on any atom is 0.350 e. The van der Waals surface area contributed by atoms with Gasteiger partial charge in [0.05, 0.1) is 17.7 Å². The van der Waals surface area contributed by atoms with E-state index in [2.05, 4.69) is 9.71 Å². The lowest BCUT2D eigenvalue weighted by atomic mass is 10.1. The van der Waals surface area contributed by atoms with Gasteiger partial charge in [0.2, 0.25) is 0 Å². The summed E-state index contributed by atoms with van der Waals surface area (Å²) in [4.78, 5) is 16.4. The smallest absolute Gasteiger partial charge is 0.350 e. The number of rotatable bonds is 5. The minimum atomic E-state index is -3.80. The van der Waals surface area contributed by atoms with Crippen LogP contribution in [-0.2, 0) is 21.2 Å². The molecule has 130 valence electrons.